The van der Waals surface area contributed by atoms with Gasteiger partial charge in [0.05, 0.1) is 11.7 Å². The Morgan fingerprint density at radius 1 is 1.25 bits per heavy atom. The molecule has 0 aromatic heterocycles. The monoisotopic (exact) mass is 287 g/mol. The molecule has 0 radical (unpaired) electrons. The third kappa shape index (κ3) is 3.38. The SMILES string of the molecule is CC(O)c1ccc(SCc2cccc(C#N)c2F)cc1. The van der Waals surface area contributed by atoms with Crippen LogP contribution in [-0.2, 0) is 5.75 Å². The van der Waals surface area contributed by atoms with Crippen molar-refractivity contribution in [2.75, 3.05) is 0 Å². The van der Waals surface area contributed by atoms with Crippen LogP contribution in [0.3, 0.4) is 0 Å². The van der Waals surface area contributed by atoms with Gasteiger partial charge in [-0.05, 0) is 36.2 Å². The van der Waals surface area contributed by atoms with Gasteiger partial charge < -0.3 is 5.11 Å². The van der Waals surface area contributed by atoms with Gasteiger partial charge in [-0.25, -0.2) is 4.39 Å². The zero-order valence-corrected chi connectivity index (χ0v) is 11.8. The van der Waals surface area contributed by atoms with Gasteiger partial charge >= 0.3 is 0 Å². The number of nitrogens with zero attached hydrogens (tertiary/aromatic N) is 1. The van der Waals surface area contributed by atoms with E-state index < -0.39 is 11.9 Å². The summed E-state index contributed by atoms with van der Waals surface area (Å²) in [4.78, 5) is 0.996. The van der Waals surface area contributed by atoms with E-state index in [1.165, 1.54) is 17.8 Å². The third-order valence-electron chi connectivity index (χ3n) is 2.96. The summed E-state index contributed by atoms with van der Waals surface area (Å²) >= 11 is 1.50. The van der Waals surface area contributed by atoms with Crippen molar-refractivity contribution in [1.82, 2.24) is 0 Å². The quantitative estimate of drug-likeness (QED) is 0.863. The van der Waals surface area contributed by atoms with E-state index >= 15 is 0 Å². The first kappa shape index (κ1) is 14.6. The molecule has 20 heavy (non-hydrogen) atoms. The molecule has 0 spiro atoms. The highest BCUT2D eigenvalue weighted by Gasteiger charge is 2.08. The normalized spacial score (nSPS) is 11.9. The minimum atomic E-state index is -0.487. The number of rotatable bonds is 4. The number of halogens is 1. The minimum absolute atomic E-state index is 0.0764. The molecular formula is C16H14FNOS. The van der Waals surface area contributed by atoms with Gasteiger partial charge in [0.2, 0.25) is 0 Å². The van der Waals surface area contributed by atoms with Gasteiger partial charge in [0.15, 0.2) is 0 Å². The molecule has 0 saturated carbocycles. The molecule has 2 rings (SSSR count). The molecule has 2 aromatic carbocycles. The average Bonchev–Trinajstić information content (AvgIpc) is 2.46. The Balaban J connectivity index is 2.07. The summed E-state index contributed by atoms with van der Waals surface area (Å²) in [5.74, 6) is 0.0261. The summed E-state index contributed by atoms with van der Waals surface area (Å²) in [7, 11) is 0. The van der Waals surface area contributed by atoms with E-state index in [0.717, 1.165) is 10.5 Å². The molecule has 0 aliphatic carbocycles. The highest BCUT2D eigenvalue weighted by atomic mass is 32.2. The number of aliphatic hydroxyl groups excluding tert-OH is 1. The minimum Gasteiger partial charge on any atom is -0.389 e. The fourth-order valence-electron chi connectivity index (χ4n) is 1.78. The van der Waals surface area contributed by atoms with Gasteiger partial charge in [-0.15, -0.1) is 11.8 Å². The van der Waals surface area contributed by atoms with E-state index in [2.05, 4.69) is 0 Å². The van der Waals surface area contributed by atoms with E-state index in [4.69, 9.17) is 5.26 Å². The predicted octanol–water partition coefficient (Wildman–Crippen LogP) is 4.04. The molecule has 0 aliphatic heterocycles. The Labute approximate surface area is 121 Å². The van der Waals surface area contributed by atoms with Crippen LogP contribution in [0.5, 0.6) is 0 Å². The zero-order valence-electron chi connectivity index (χ0n) is 11.0. The van der Waals surface area contributed by atoms with E-state index in [9.17, 15) is 9.50 Å². The number of aliphatic hydroxyl groups is 1. The van der Waals surface area contributed by atoms with Crippen LogP contribution in [0.1, 0.15) is 29.7 Å². The fourth-order valence-corrected chi connectivity index (χ4v) is 2.65. The topological polar surface area (TPSA) is 44.0 Å². The molecule has 0 amide bonds. The van der Waals surface area contributed by atoms with Crippen LogP contribution < -0.4 is 0 Å². The summed E-state index contributed by atoms with van der Waals surface area (Å²) < 4.78 is 13.9. The fraction of sp³-hybridized carbons (Fsp3) is 0.188. The summed E-state index contributed by atoms with van der Waals surface area (Å²) in [6, 6.07) is 14.2. The molecule has 0 aliphatic rings. The number of thioether (sulfide) groups is 1. The molecule has 1 unspecified atom stereocenters. The number of benzene rings is 2. The van der Waals surface area contributed by atoms with Crippen LogP contribution in [0, 0.1) is 17.1 Å². The van der Waals surface area contributed by atoms with Crippen molar-refractivity contribution in [3.05, 3.63) is 65.0 Å². The zero-order chi connectivity index (χ0) is 14.5. The van der Waals surface area contributed by atoms with Gasteiger partial charge in [-0.2, -0.15) is 5.26 Å². The third-order valence-corrected chi connectivity index (χ3v) is 4.02. The van der Waals surface area contributed by atoms with E-state index in [1.807, 2.05) is 30.3 Å². The van der Waals surface area contributed by atoms with Crippen LogP contribution in [-0.4, -0.2) is 5.11 Å². The highest BCUT2D eigenvalue weighted by molar-refractivity contribution is 7.98. The molecule has 4 heteroatoms. The number of hydrogen-bond acceptors (Lipinski definition) is 3. The van der Waals surface area contributed by atoms with Crippen LogP contribution in [0.2, 0.25) is 0 Å². The van der Waals surface area contributed by atoms with Crippen molar-refractivity contribution in [2.24, 2.45) is 0 Å². The second-order valence-electron chi connectivity index (χ2n) is 4.42. The van der Waals surface area contributed by atoms with Crippen molar-refractivity contribution in [2.45, 2.75) is 23.7 Å². The van der Waals surface area contributed by atoms with E-state index in [-0.39, 0.29) is 5.56 Å². The first-order chi connectivity index (χ1) is 9.61. The average molecular weight is 287 g/mol. The largest absolute Gasteiger partial charge is 0.389 e. The molecule has 0 fully saturated rings. The molecule has 2 aromatic rings. The lowest BCUT2D eigenvalue weighted by Gasteiger charge is -2.07. The van der Waals surface area contributed by atoms with Gasteiger partial charge in [0.1, 0.15) is 11.9 Å². The van der Waals surface area contributed by atoms with Gasteiger partial charge in [0.25, 0.3) is 0 Å². The van der Waals surface area contributed by atoms with Gasteiger partial charge in [0, 0.05) is 10.6 Å². The van der Waals surface area contributed by atoms with Crippen molar-refractivity contribution in [1.29, 1.82) is 5.26 Å². The molecular weight excluding hydrogens is 273 g/mol. The Morgan fingerprint density at radius 3 is 2.55 bits per heavy atom. The molecule has 2 nitrogen and oxygen atoms in total. The lowest BCUT2D eigenvalue weighted by atomic mass is 10.1. The summed E-state index contributed by atoms with van der Waals surface area (Å²) in [5, 5.41) is 18.2. The summed E-state index contributed by atoms with van der Waals surface area (Å²) in [6.45, 7) is 1.71. The Hall–Kier alpha value is -1.83. The summed E-state index contributed by atoms with van der Waals surface area (Å²) in [5.41, 5.74) is 1.45. The maximum Gasteiger partial charge on any atom is 0.144 e. The molecule has 0 heterocycles. The lowest BCUT2D eigenvalue weighted by Crippen LogP contribution is -1.92. The van der Waals surface area contributed by atoms with Crippen molar-refractivity contribution >= 4 is 11.8 Å². The number of nitriles is 1. The Morgan fingerprint density at radius 2 is 1.95 bits per heavy atom. The maximum absolute atomic E-state index is 13.9. The first-order valence-corrected chi connectivity index (χ1v) is 7.18. The molecule has 1 N–H and O–H groups in total. The van der Waals surface area contributed by atoms with Gasteiger partial charge in [-0.1, -0.05) is 24.3 Å². The van der Waals surface area contributed by atoms with Crippen LogP contribution in [0.15, 0.2) is 47.4 Å². The lowest BCUT2D eigenvalue weighted by molar-refractivity contribution is 0.199. The first-order valence-electron chi connectivity index (χ1n) is 6.20. The Kier molecular flexibility index (Phi) is 4.78. The van der Waals surface area contributed by atoms with E-state index in [0.29, 0.717) is 11.3 Å². The molecule has 0 saturated heterocycles. The molecule has 1 atom stereocenters. The standard InChI is InChI=1S/C16H14FNOS/c1-11(19)12-5-7-15(8-6-12)20-10-14-4-2-3-13(9-18)16(14)17/h2-8,11,19H,10H2,1H3. The van der Waals surface area contributed by atoms with Crippen molar-refractivity contribution < 1.29 is 9.50 Å². The van der Waals surface area contributed by atoms with Crippen LogP contribution in [0.4, 0.5) is 4.39 Å². The van der Waals surface area contributed by atoms with Crippen molar-refractivity contribution in [3.63, 3.8) is 0 Å². The predicted molar refractivity (Wildman–Crippen MR) is 77.8 cm³/mol. The second-order valence-corrected chi connectivity index (χ2v) is 5.47. The van der Waals surface area contributed by atoms with Crippen molar-refractivity contribution in [3.8, 4) is 6.07 Å². The second kappa shape index (κ2) is 6.56. The maximum atomic E-state index is 13.9. The smallest absolute Gasteiger partial charge is 0.144 e. The van der Waals surface area contributed by atoms with Gasteiger partial charge in [-0.3, -0.25) is 0 Å². The summed E-state index contributed by atoms with van der Waals surface area (Å²) in [6.07, 6.45) is -0.487. The number of hydrogen-bond donors (Lipinski definition) is 1. The van der Waals surface area contributed by atoms with Crippen LogP contribution in [0.25, 0.3) is 0 Å². The van der Waals surface area contributed by atoms with Crippen LogP contribution >= 0.6 is 11.8 Å². The molecule has 0 bridgehead atoms. The molecule has 102 valence electrons. The highest BCUT2D eigenvalue weighted by Crippen LogP contribution is 2.26. The van der Waals surface area contributed by atoms with E-state index in [1.54, 1.807) is 19.1 Å². The Bertz CT molecular complexity index is 632.